The number of H-pyrrole nitrogens is 1. The molecule has 0 bridgehead atoms. The average Bonchev–Trinajstić information content (AvgIpc) is 2.95. The predicted octanol–water partition coefficient (Wildman–Crippen LogP) is 1.96. The number of imidazole rings is 1. The lowest BCUT2D eigenvalue weighted by molar-refractivity contribution is -0.106. The lowest BCUT2D eigenvalue weighted by Gasteiger charge is -2.14. The molecular formula is C18H23N5O2. The number of rotatable bonds is 4. The van der Waals surface area contributed by atoms with E-state index in [1.165, 1.54) is 0 Å². The van der Waals surface area contributed by atoms with Gasteiger partial charge in [-0.05, 0) is 25.3 Å². The second-order valence-electron chi connectivity index (χ2n) is 5.52. The first kappa shape index (κ1) is 18.4. The van der Waals surface area contributed by atoms with E-state index in [1.54, 1.807) is 4.57 Å². The molecule has 0 saturated carbocycles. The van der Waals surface area contributed by atoms with Gasteiger partial charge in [0.05, 0.1) is 17.4 Å². The number of hydrogen-bond donors (Lipinski definition) is 2. The number of carbonyl (C=O) groups excluding carboxylic acids is 1. The molecule has 3 rings (SSSR count). The van der Waals surface area contributed by atoms with Gasteiger partial charge in [0.15, 0.2) is 11.3 Å². The fourth-order valence-corrected chi connectivity index (χ4v) is 2.81. The highest BCUT2D eigenvalue weighted by Gasteiger charge is 2.18. The number of aryl methyl sites for hydroxylation is 2. The Morgan fingerprint density at radius 2 is 1.72 bits per heavy atom. The number of aromatic amines is 1. The molecule has 0 aliphatic carbocycles. The zero-order chi connectivity index (χ0) is 18.4. The van der Waals surface area contributed by atoms with Crippen LogP contribution in [0.1, 0.15) is 43.8 Å². The Hall–Kier alpha value is -2.96. The minimum atomic E-state index is -0.165. The van der Waals surface area contributed by atoms with Crippen LogP contribution in [0.4, 0.5) is 0 Å². The molecule has 3 aromatic rings. The molecule has 7 heteroatoms. The summed E-state index contributed by atoms with van der Waals surface area (Å²) in [7, 11) is 0. The van der Waals surface area contributed by atoms with E-state index >= 15 is 0 Å². The smallest absolute Gasteiger partial charge is 0.329 e. The van der Waals surface area contributed by atoms with Gasteiger partial charge in [0.25, 0.3) is 0 Å². The molecule has 7 nitrogen and oxygen atoms in total. The normalized spacial score (nSPS) is 11.6. The van der Waals surface area contributed by atoms with Crippen LogP contribution in [0.5, 0.6) is 0 Å². The zero-order valence-corrected chi connectivity index (χ0v) is 14.7. The lowest BCUT2D eigenvalue weighted by atomic mass is 10.1. The van der Waals surface area contributed by atoms with E-state index in [-0.39, 0.29) is 18.1 Å². The Kier molecular flexibility index (Phi) is 6.05. The lowest BCUT2D eigenvalue weighted by Crippen LogP contribution is -2.21. The third-order valence-corrected chi connectivity index (χ3v) is 4.04. The van der Waals surface area contributed by atoms with E-state index in [1.807, 2.05) is 37.3 Å². The molecule has 3 N–H and O–H groups in total. The van der Waals surface area contributed by atoms with Gasteiger partial charge in [-0.15, -0.1) is 0 Å². The molecule has 0 aliphatic heterocycles. The van der Waals surface area contributed by atoms with Crippen molar-refractivity contribution in [2.75, 3.05) is 0 Å². The first-order chi connectivity index (χ1) is 12.1. The van der Waals surface area contributed by atoms with Crippen LogP contribution in [0.2, 0.25) is 0 Å². The average molecular weight is 341 g/mol. The Morgan fingerprint density at radius 3 is 2.28 bits per heavy atom. The summed E-state index contributed by atoms with van der Waals surface area (Å²) >= 11 is 0. The number of nitrogens with zero attached hydrogens (tertiary/aromatic N) is 3. The number of nitrogens with one attached hydrogen (secondary N) is 1. The molecule has 2 heterocycles. The van der Waals surface area contributed by atoms with Gasteiger partial charge in [-0.3, -0.25) is 14.3 Å². The Balaban J connectivity index is 0.000000701. The molecule has 1 atom stereocenters. The maximum atomic E-state index is 12.4. The number of carbonyl (C=O) groups is 1. The van der Waals surface area contributed by atoms with Gasteiger partial charge in [-0.1, -0.05) is 44.2 Å². The van der Waals surface area contributed by atoms with Crippen LogP contribution in [-0.4, -0.2) is 25.9 Å². The molecule has 0 spiro atoms. The quantitative estimate of drug-likeness (QED) is 0.707. The Bertz CT molecular complexity index is 899. The summed E-state index contributed by atoms with van der Waals surface area (Å²) in [6.07, 6.45) is 1.87. The van der Waals surface area contributed by atoms with Crippen LogP contribution in [0.25, 0.3) is 11.3 Å². The van der Waals surface area contributed by atoms with E-state index in [0.29, 0.717) is 11.3 Å². The van der Waals surface area contributed by atoms with Crippen molar-refractivity contribution in [1.29, 1.82) is 0 Å². The molecule has 1 unspecified atom stereocenters. The van der Waals surface area contributed by atoms with Crippen LogP contribution < -0.4 is 11.4 Å². The first-order valence-corrected chi connectivity index (χ1v) is 8.27. The molecule has 0 aliphatic rings. The fraction of sp³-hybridized carbons (Fsp3) is 0.333. The van der Waals surface area contributed by atoms with E-state index in [9.17, 15) is 4.79 Å². The van der Waals surface area contributed by atoms with Crippen molar-refractivity contribution in [1.82, 2.24) is 19.5 Å². The third-order valence-electron chi connectivity index (χ3n) is 4.04. The van der Waals surface area contributed by atoms with Crippen molar-refractivity contribution < 1.29 is 4.79 Å². The van der Waals surface area contributed by atoms with Crippen LogP contribution >= 0.6 is 0 Å². The van der Waals surface area contributed by atoms with Gasteiger partial charge in [-0.2, -0.15) is 0 Å². The molecule has 0 radical (unpaired) electrons. The van der Waals surface area contributed by atoms with Gasteiger partial charge in [0.2, 0.25) is 6.41 Å². The number of primary amides is 1. The Morgan fingerprint density at radius 1 is 1.16 bits per heavy atom. The van der Waals surface area contributed by atoms with Crippen molar-refractivity contribution >= 4 is 17.7 Å². The summed E-state index contributed by atoms with van der Waals surface area (Å²) in [5.41, 5.74) is 8.20. The number of fused-ring (bicyclic) bond motifs is 1. The number of nitrogens with two attached hydrogens (primary N) is 1. The van der Waals surface area contributed by atoms with Gasteiger partial charge in [0.1, 0.15) is 0 Å². The summed E-state index contributed by atoms with van der Waals surface area (Å²) < 4.78 is 1.69. The standard InChI is InChI=1S/C17H20N4O.CH3NO/c1-4-13-14(5-2)19-16-15(18-13)20-17(22)21(16)11(3)12-9-7-6-8-10-12;2-1-3/h6-11H,4-5H2,1-3H3,(H,18,20,22);1H,(H2,2,3). The summed E-state index contributed by atoms with van der Waals surface area (Å²) in [5.74, 6) is 0. The highest BCUT2D eigenvalue weighted by atomic mass is 16.1. The van der Waals surface area contributed by atoms with Crippen molar-refractivity contribution in [3.05, 3.63) is 57.8 Å². The van der Waals surface area contributed by atoms with E-state index in [0.717, 1.165) is 29.8 Å². The first-order valence-electron chi connectivity index (χ1n) is 8.27. The van der Waals surface area contributed by atoms with Crippen LogP contribution in [0.3, 0.4) is 0 Å². The topological polar surface area (TPSA) is 107 Å². The summed E-state index contributed by atoms with van der Waals surface area (Å²) in [4.78, 5) is 33.1. The van der Waals surface area contributed by atoms with E-state index in [2.05, 4.69) is 29.5 Å². The predicted molar refractivity (Wildman–Crippen MR) is 97.4 cm³/mol. The second kappa shape index (κ2) is 8.23. The van der Waals surface area contributed by atoms with Crippen molar-refractivity contribution in [3.8, 4) is 0 Å². The van der Waals surface area contributed by atoms with E-state index in [4.69, 9.17) is 9.78 Å². The van der Waals surface area contributed by atoms with Crippen molar-refractivity contribution in [3.63, 3.8) is 0 Å². The van der Waals surface area contributed by atoms with E-state index < -0.39 is 0 Å². The van der Waals surface area contributed by atoms with Gasteiger partial charge in [0, 0.05) is 0 Å². The minimum Gasteiger partial charge on any atom is -0.372 e. The summed E-state index contributed by atoms with van der Waals surface area (Å²) in [5, 5.41) is 0. The molecular weight excluding hydrogens is 318 g/mol. The molecule has 25 heavy (non-hydrogen) atoms. The monoisotopic (exact) mass is 341 g/mol. The van der Waals surface area contributed by atoms with Crippen LogP contribution in [0, 0.1) is 0 Å². The largest absolute Gasteiger partial charge is 0.372 e. The highest BCUT2D eigenvalue weighted by molar-refractivity contribution is 5.66. The zero-order valence-electron chi connectivity index (χ0n) is 14.7. The summed E-state index contributed by atoms with van der Waals surface area (Å²) in [6.45, 7) is 6.12. The van der Waals surface area contributed by atoms with Crippen molar-refractivity contribution in [2.24, 2.45) is 5.73 Å². The van der Waals surface area contributed by atoms with Crippen LogP contribution in [0.15, 0.2) is 35.1 Å². The maximum Gasteiger partial charge on any atom is 0.329 e. The van der Waals surface area contributed by atoms with Gasteiger partial charge < -0.3 is 5.73 Å². The van der Waals surface area contributed by atoms with Gasteiger partial charge in [-0.25, -0.2) is 14.8 Å². The molecule has 0 fully saturated rings. The molecule has 2 aromatic heterocycles. The third kappa shape index (κ3) is 3.76. The Labute approximate surface area is 145 Å². The number of benzene rings is 1. The SMILES string of the molecule is CCc1nc2[nH]c(=O)n(C(C)c3ccccc3)c2nc1CC.NC=O. The molecule has 0 saturated heterocycles. The molecule has 1 aromatic carbocycles. The highest BCUT2D eigenvalue weighted by Crippen LogP contribution is 2.20. The molecule has 132 valence electrons. The van der Waals surface area contributed by atoms with Crippen molar-refractivity contribution in [2.45, 2.75) is 39.7 Å². The van der Waals surface area contributed by atoms with Crippen LogP contribution in [-0.2, 0) is 17.6 Å². The number of amides is 1. The number of aromatic nitrogens is 4. The van der Waals surface area contributed by atoms with Gasteiger partial charge >= 0.3 is 5.69 Å². The second-order valence-corrected chi connectivity index (χ2v) is 5.52. The molecule has 1 amide bonds. The fourth-order valence-electron chi connectivity index (χ4n) is 2.81. The maximum absolute atomic E-state index is 12.4. The number of hydrogen-bond acceptors (Lipinski definition) is 4. The minimum absolute atomic E-state index is 0.0890. The summed E-state index contributed by atoms with van der Waals surface area (Å²) in [6, 6.07) is 9.87.